The molecule has 3 saturated heterocycles. The summed E-state index contributed by atoms with van der Waals surface area (Å²) in [6, 6.07) is 15.2. The zero-order valence-electron chi connectivity index (χ0n) is 21.9. The quantitative estimate of drug-likeness (QED) is 0.651. The molecule has 3 aliphatic heterocycles. The van der Waals surface area contributed by atoms with Gasteiger partial charge in [-0.15, -0.1) is 0 Å². The van der Waals surface area contributed by atoms with Gasteiger partial charge < -0.3 is 20.4 Å². The van der Waals surface area contributed by atoms with Crippen molar-refractivity contribution in [1.82, 2.24) is 20.4 Å². The molecule has 0 aliphatic carbocycles. The van der Waals surface area contributed by atoms with Gasteiger partial charge in [0.2, 0.25) is 23.6 Å². The van der Waals surface area contributed by atoms with Gasteiger partial charge in [0.15, 0.2) is 0 Å². The van der Waals surface area contributed by atoms with Crippen molar-refractivity contribution in [3.8, 4) is 0 Å². The number of carbonyl (C=O) groups is 4. The van der Waals surface area contributed by atoms with Crippen molar-refractivity contribution < 1.29 is 19.2 Å². The van der Waals surface area contributed by atoms with E-state index in [1.165, 1.54) is 0 Å². The van der Waals surface area contributed by atoms with Crippen molar-refractivity contribution in [2.45, 2.75) is 76.0 Å². The van der Waals surface area contributed by atoms with Crippen LogP contribution in [0.25, 0.3) is 0 Å². The van der Waals surface area contributed by atoms with Gasteiger partial charge in [0.1, 0.15) is 18.1 Å². The van der Waals surface area contributed by atoms with Crippen molar-refractivity contribution in [2.75, 3.05) is 13.1 Å². The molecular weight excluding hydrogens is 480 g/mol. The van der Waals surface area contributed by atoms with E-state index in [1.807, 2.05) is 61.5 Å². The molecule has 4 amide bonds. The van der Waals surface area contributed by atoms with E-state index in [9.17, 15) is 19.2 Å². The maximum absolute atomic E-state index is 13.8. The van der Waals surface area contributed by atoms with Gasteiger partial charge in [0.05, 0.1) is 0 Å². The first kappa shape index (κ1) is 25.9. The molecular formula is C30H36N4O4. The SMILES string of the molecule is Cc1ccc(C[C@H]2CC(=O)N[C@@H](Cc3ccccc3)C(=O)N3CCC[C@H]3C(=O)N3CCC[C@H]3C(=O)N2)cc1. The largest absolute Gasteiger partial charge is 0.351 e. The minimum Gasteiger partial charge on any atom is -0.351 e. The van der Waals surface area contributed by atoms with Gasteiger partial charge in [-0.2, -0.15) is 0 Å². The molecule has 8 heteroatoms. The second-order valence-electron chi connectivity index (χ2n) is 10.8. The van der Waals surface area contributed by atoms with Gasteiger partial charge in [-0.05, 0) is 50.2 Å². The molecule has 5 rings (SSSR count). The molecule has 3 fully saturated rings. The Labute approximate surface area is 223 Å². The third-order valence-electron chi connectivity index (χ3n) is 7.96. The molecule has 0 radical (unpaired) electrons. The predicted octanol–water partition coefficient (Wildman–Crippen LogP) is 2.14. The number of nitrogens with one attached hydrogen (secondary N) is 2. The summed E-state index contributed by atoms with van der Waals surface area (Å²) in [5.41, 5.74) is 3.07. The van der Waals surface area contributed by atoms with E-state index in [-0.39, 0.29) is 30.0 Å². The van der Waals surface area contributed by atoms with Crippen LogP contribution in [0, 0.1) is 6.92 Å². The molecule has 3 heterocycles. The Bertz CT molecular complexity index is 1180. The molecule has 8 nitrogen and oxygen atoms in total. The molecule has 0 aromatic heterocycles. The first-order valence-electron chi connectivity index (χ1n) is 13.7. The minimum atomic E-state index is -0.788. The molecule has 0 bridgehead atoms. The van der Waals surface area contributed by atoms with E-state index in [2.05, 4.69) is 10.6 Å². The second-order valence-corrected chi connectivity index (χ2v) is 10.8. The lowest BCUT2D eigenvalue weighted by atomic mass is 10.00. The third kappa shape index (κ3) is 5.74. The van der Waals surface area contributed by atoms with Gasteiger partial charge in [-0.25, -0.2) is 0 Å². The van der Waals surface area contributed by atoms with Crippen molar-refractivity contribution in [3.63, 3.8) is 0 Å². The normalized spacial score (nSPS) is 26.6. The van der Waals surface area contributed by atoms with Crippen LogP contribution >= 0.6 is 0 Å². The number of aryl methyl sites for hydroxylation is 1. The summed E-state index contributed by atoms with van der Waals surface area (Å²) in [6.45, 7) is 2.98. The fourth-order valence-corrected chi connectivity index (χ4v) is 5.99. The zero-order chi connectivity index (χ0) is 26.6. The van der Waals surface area contributed by atoms with Crippen LogP contribution in [-0.2, 0) is 32.0 Å². The summed E-state index contributed by atoms with van der Waals surface area (Å²) in [7, 11) is 0. The van der Waals surface area contributed by atoms with Crippen molar-refractivity contribution in [2.24, 2.45) is 0 Å². The van der Waals surface area contributed by atoms with Crippen LogP contribution in [0.3, 0.4) is 0 Å². The number of carbonyl (C=O) groups excluding carboxylic acids is 4. The molecule has 38 heavy (non-hydrogen) atoms. The van der Waals surface area contributed by atoms with Gasteiger partial charge in [0.25, 0.3) is 0 Å². The highest BCUT2D eigenvalue weighted by molar-refractivity contribution is 5.95. The van der Waals surface area contributed by atoms with Crippen LogP contribution < -0.4 is 10.6 Å². The smallest absolute Gasteiger partial charge is 0.246 e. The van der Waals surface area contributed by atoms with E-state index < -0.39 is 24.2 Å². The number of nitrogens with zero attached hydrogens (tertiary/aromatic N) is 2. The van der Waals surface area contributed by atoms with Crippen molar-refractivity contribution in [3.05, 3.63) is 71.3 Å². The Morgan fingerprint density at radius 3 is 2.08 bits per heavy atom. The first-order chi connectivity index (χ1) is 18.4. The topological polar surface area (TPSA) is 98.8 Å². The molecule has 2 aromatic rings. The molecule has 200 valence electrons. The number of rotatable bonds is 4. The van der Waals surface area contributed by atoms with Gasteiger partial charge in [0, 0.05) is 32.0 Å². The highest BCUT2D eigenvalue weighted by atomic mass is 16.2. The number of amides is 4. The summed E-state index contributed by atoms with van der Waals surface area (Å²) in [4.78, 5) is 57.6. The average molecular weight is 517 g/mol. The van der Waals surface area contributed by atoms with Crippen LogP contribution in [0.15, 0.2) is 54.6 Å². The van der Waals surface area contributed by atoms with Gasteiger partial charge in [-0.1, -0.05) is 60.2 Å². The second kappa shape index (κ2) is 11.4. The van der Waals surface area contributed by atoms with Gasteiger partial charge in [-0.3, -0.25) is 19.2 Å². The van der Waals surface area contributed by atoms with Crippen LogP contribution in [0.4, 0.5) is 0 Å². The Kier molecular flexibility index (Phi) is 7.77. The molecule has 0 saturated carbocycles. The highest BCUT2D eigenvalue weighted by Crippen LogP contribution is 2.26. The van der Waals surface area contributed by atoms with Crippen LogP contribution in [0.1, 0.15) is 48.8 Å². The first-order valence-corrected chi connectivity index (χ1v) is 13.7. The summed E-state index contributed by atoms with van der Waals surface area (Å²) < 4.78 is 0. The summed E-state index contributed by atoms with van der Waals surface area (Å²) in [5.74, 6) is -0.909. The maximum atomic E-state index is 13.8. The van der Waals surface area contributed by atoms with Gasteiger partial charge >= 0.3 is 0 Å². The molecule has 2 aromatic carbocycles. The fourth-order valence-electron chi connectivity index (χ4n) is 5.99. The molecule has 2 N–H and O–H groups in total. The third-order valence-corrected chi connectivity index (χ3v) is 7.96. The lowest BCUT2D eigenvalue weighted by Gasteiger charge is -2.32. The predicted molar refractivity (Wildman–Crippen MR) is 143 cm³/mol. The molecule has 0 unspecified atom stereocenters. The maximum Gasteiger partial charge on any atom is 0.246 e. The number of hydrogen-bond acceptors (Lipinski definition) is 4. The summed E-state index contributed by atoms with van der Waals surface area (Å²) >= 11 is 0. The number of fused-ring (bicyclic) bond motifs is 2. The van der Waals surface area contributed by atoms with E-state index in [0.29, 0.717) is 38.8 Å². The fraction of sp³-hybridized carbons (Fsp3) is 0.467. The Morgan fingerprint density at radius 2 is 1.37 bits per heavy atom. The average Bonchev–Trinajstić information content (AvgIpc) is 3.59. The lowest BCUT2D eigenvalue weighted by molar-refractivity contribution is -0.147. The number of benzene rings is 2. The standard InChI is InChI=1S/C30H36N4O4/c1-20-11-13-22(14-12-20)17-23-19-27(35)32-24(18-21-7-3-2-4-8-21)29(37)34-16-6-10-26(34)30(38)33-15-5-9-25(33)28(36)31-23/h2-4,7-8,11-14,23-26H,5-6,9-10,15-19H2,1H3,(H,31,36)(H,32,35)/t23-,24-,25-,26-/m0/s1. The van der Waals surface area contributed by atoms with Crippen molar-refractivity contribution in [1.29, 1.82) is 0 Å². The Hall–Kier alpha value is -3.68. The van der Waals surface area contributed by atoms with E-state index in [0.717, 1.165) is 29.5 Å². The lowest BCUT2D eigenvalue weighted by Crippen LogP contribution is -2.56. The Morgan fingerprint density at radius 1 is 0.737 bits per heavy atom. The van der Waals surface area contributed by atoms with Crippen molar-refractivity contribution >= 4 is 23.6 Å². The van der Waals surface area contributed by atoms with Crippen LogP contribution in [-0.4, -0.2) is 70.7 Å². The summed E-state index contributed by atoms with van der Waals surface area (Å²) in [5, 5.41) is 6.05. The summed E-state index contributed by atoms with van der Waals surface area (Å²) in [6.07, 6.45) is 3.47. The van der Waals surface area contributed by atoms with Crippen LogP contribution in [0.2, 0.25) is 0 Å². The molecule has 3 aliphatic rings. The highest BCUT2D eigenvalue weighted by Gasteiger charge is 2.44. The zero-order valence-corrected chi connectivity index (χ0v) is 21.9. The Balaban J connectivity index is 1.46. The van der Waals surface area contributed by atoms with E-state index in [4.69, 9.17) is 0 Å². The monoisotopic (exact) mass is 516 g/mol. The molecule has 4 atom stereocenters. The van der Waals surface area contributed by atoms with E-state index in [1.54, 1.807) is 9.80 Å². The van der Waals surface area contributed by atoms with Crippen LogP contribution in [0.5, 0.6) is 0 Å². The number of hydrogen-bond donors (Lipinski definition) is 2. The van der Waals surface area contributed by atoms with E-state index >= 15 is 0 Å². The molecule has 0 spiro atoms. The minimum absolute atomic E-state index is 0.0439.